The van der Waals surface area contributed by atoms with Crippen LogP contribution in [0.3, 0.4) is 0 Å². The SMILES string of the molecule is O=C(NS(=O)(=O)N1CCCCC1)c1cnc(Nc2c3c(cc4c2CCC4)CCC3)o1. The molecule has 0 radical (unpaired) electrons. The Morgan fingerprint density at radius 1 is 0.967 bits per heavy atom. The van der Waals surface area contributed by atoms with Crippen molar-refractivity contribution < 1.29 is 17.6 Å². The molecule has 0 bridgehead atoms. The highest BCUT2D eigenvalue weighted by Gasteiger charge is 2.28. The van der Waals surface area contributed by atoms with E-state index in [1.54, 1.807) is 0 Å². The van der Waals surface area contributed by atoms with Gasteiger partial charge in [0.25, 0.3) is 6.01 Å². The van der Waals surface area contributed by atoms with Gasteiger partial charge in [0, 0.05) is 18.8 Å². The number of oxazole rings is 1. The molecule has 1 aliphatic heterocycles. The van der Waals surface area contributed by atoms with Crippen molar-refractivity contribution in [1.29, 1.82) is 0 Å². The van der Waals surface area contributed by atoms with Gasteiger partial charge in [-0.05, 0) is 73.6 Å². The number of carbonyl (C=O) groups is 1. The minimum atomic E-state index is -3.87. The van der Waals surface area contributed by atoms with Crippen molar-refractivity contribution in [1.82, 2.24) is 14.0 Å². The summed E-state index contributed by atoms with van der Waals surface area (Å²) >= 11 is 0. The number of nitrogens with one attached hydrogen (secondary N) is 2. The lowest BCUT2D eigenvalue weighted by Gasteiger charge is -2.25. The molecule has 1 saturated heterocycles. The summed E-state index contributed by atoms with van der Waals surface area (Å²) in [6.07, 6.45) is 10.4. The molecule has 160 valence electrons. The Morgan fingerprint density at radius 2 is 1.63 bits per heavy atom. The van der Waals surface area contributed by atoms with Crippen molar-refractivity contribution in [3.8, 4) is 0 Å². The molecule has 1 fully saturated rings. The third-order valence-corrected chi connectivity index (χ3v) is 7.80. The Balaban J connectivity index is 1.34. The van der Waals surface area contributed by atoms with Crippen molar-refractivity contribution in [2.75, 3.05) is 18.4 Å². The Morgan fingerprint density at radius 3 is 2.30 bits per heavy atom. The van der Waals surface area contributed by atoms with Crippen LogP contribution in [0.5, 0.6) is 0 Å². The molecule has 1 aromatic carbocycles. The maximum absolute atomic E-state index is 12.5. The van der Waals surface area contributed by atoms with Gasteiger partial charge in [0.2, 0.25) is 5.76 Å². The molecule has 2 heterocycles. The lowest BCUT2D eigenvalue weighted by molar-refractivity contribution is 0.0952. The number of rotatable bonds is 5. The molecule has 2 aromatic rings. The number of amides is 1. The van der Waals surface area contributed by atoms with Gasteiger partial charge in [-0.2, -0.15) is 12.7 Å². The van der Waals surface area contributed by atoms with Crippen molar-refractivity contribution in [3.63, 3.8) is 0 Å². The van der Waals surface area contributed by atoms with E-state index < -0.39 is 16.1 Å². The number of aryl methyl sites for hydroxylation is 2. The minimum absolute atomic E-state index is 0.123. The Kier molecular flexibility index (Phi) is 5.02. The van der Waals surface area contributed by atoms with E-state index in [0.29, 0.717) is 13.1 Å². The second kappa shape index (κ2) is 7.70. The first kappa shape index (κ1) is 19.6. The number of fused-ring (bicyclic) bond motifs is 2. The smallest absolute Gasteiger partial charge is 0.304 e. The van der Waals surface area contributed by atoms with Crippen LogP contribution in [0.15, 0.2) is 16.7 Å². The number of piperidine rings is 1. The van der Waals surface area contributed by atoms with Crippen LogP contribution in [0.2, 0.25) is 0 Å². The molecule has 3 aliphatic rings. The van der Waals surface area contributed by atoms with Crippen LogP contribution in [0.1, 0.15) is 64.9 Å². The fourth-order valence-electron chi connectivity index (χ4n) is 4.85. The third-order valence-electron chi connectivity index (χ3n) is 6.31. The van der Waals surface area contributed by atoms with Crippen molar-refractivity contribution in [2.24, 2.45) is 0 Å². The first-order valence-corrected chi connectivity index (χ1v) is 12.2. The first-order valence-electron chi connectivity index (χ1n) is 10.7. The number of hydrogen-bond donors (Lipinski definition) is 2. The summed E-state index contributed by atoms with van der Waals surface area (Å²) in [7, 11) is -3.87. The number of aromatic nitrogens is 1. The van der Waals surface area contributed by atoms with Crippen LogP contribution in [0.4, 0.5) is 11.7 Å². The van der Waals surface area contributed by atoms with E-state index in [1.807, 2.05) is 0 Å². The van der Waals surface area contributed by atoms with E-state index in [2.05, 4.69) is 21.1 Å². The van der Waals surface area contributed by atoms with E-state index in [9.17, 15) is 13.2 Å². The molecule has 2 aliphatic carbocycles. The molecule has 0 unspecified atom stereocenters. The van der Waals surface area contributed by atoms with Crippen LogP contribution in [-0.2, 0) is 35.9 Å². The van der Waals surface area contributed by atoms with Gasteiger partial charge in [-0.15, -0.1) is 0 Å². The summed E-state index contributed by atoms with van der Waals surface area (Å²) < 4.78 is 33.9. The number of anilines is 2. The van der Waals surface area contributed by atoms with Crippen molar-refractivity contribution in [2.45, 2.75) is 57.8 Å². The van der Waals surface area contributed by atoms with Gasteiger partial charge in [-0.1, -0.05) is 12.5 Å². The number of carbonyl (C=O) groups excluding carboxylic acids is 1. The van der Waals surface area contributed by atoms with Gasteiger partial charge < -0.3 is 9.73 Å². The molecule has 5 rings (SSSR count). The minimum Gasteiger partial charge on any atom is -0.418 e. The summed E-state index contributed by atoms with van der Waals surface area (Å²) in [6.45, 7) is 0.853. The van der Waals surface area contributed by atoms with E-state index in [4.69, 9.17) is 4.42 Å². The highest BCUT2D eigenvalue weighted by molar-refractivity contribution is 7.87. The van der Waals surface area contributed by atoms with E-state index in [-0.39, 0.29) is 11.8 Å². The average Bonchev–Trinajstić information content (AvgIpc) is 3.48. The predicted molar refractivity (Wildman–Crippen MR) is 112 cm³/mol. The molecule has 0 spiro atoms. The van der Waals surface area contributed by atoms with Crippen LogP contribution >= 0.6 is 0 Å². The van der Waals surface area contributed by atoms with Crippen LogP contribution in [-0.4, -0.2) is 36.7 Å². The maximum atomic E-state index is 12.5. The maximum Gasteiger partial charge on any atom is 0.304 e. The van der Waals surface area contributed by atoms with E-state index in [0.717, 1.165) is 63.5 Å². The quantitative estimate of drug-likeness (QED) is 0.756. The summed E-state index contributed by atoms with van der Waals surface area (Å²) in [5, 5.41) is 3.29. The molecular weight excluding hydrogens is 404 g/mol. The van der Waals surface area contributed by atoms with Gasteiger partial charge in [-0.3, -0.25) is 4.79 Å². The van der Waals surface area contributed by atoms with Crippen LogP contribution in [0, 0.1) is 0 Å². The number of benzene rings is 1. The molecule has 2 N–H and O–H groups in total. The molecule has 0 saturated carbocycles. The van der Waals surface area contributed by atoms with Crippen LogP contribution in [0.25, 0.3) is 0 Å². The standard InChI is InChI=1S/C21H26N4O4S/c26-20(24-30(27,28)25-10-2-1-3-11-25)18-13-22-21(29-18)23-19-16-8-4-6-14(16)12-15-7-5-9-17(15)19/h12-13H,1-11H2,(H,22,23)(H,24,26). The van der Waals surface area contributed by atoms with Gasteiger partial charge in [0.1, 0.15) is 0 Å². The molecule has 1 amide bonds. The Labute approximate surface area is 176 Å². The molecule has 30 heavy (non-hydrogen) atoms. The molecular formula is C21H26N4O4S. The zero-order valence-corrected chi connectivity index (χ0v) is 17.7. The van der Waals surface area contributed by atoms with Gasteiger partial charge in [-0.25, -0.2) is 9.71 Å². The van der Waals surface area contributed by atoms with Crippen molar-refractivity contribution >= 4 is 27.8 Å². The summed E-state index contributed by atoms with van der Waals surface area (Å²) in [6, 6.07) is 2.56. The van der Waals surface area contributed by atoms with Gasteiger partial charge in [0.05, 0.1) is 6.20 Å². The first-order chi connectivity index (χ1) is 14.5. The second-order valence-electron chi connectivity index (χ2n) is 8.28. The fraction of sp³-hybridized carbons (Fsp3) is 0.524. The van der Waals surface area contributed by atoms with Crippen molar-refractivity contribution in [3.05, 3.63) is 40.3 Å². The average molecular weight is 431 g/mol. The lowest BCUT2D eigenvalue weighted by atomic mass is 9.99. The summed E-state index contributed by atoms with van der Waals surface area (Å²) in [5.74, 6) is -0.924. The third kappa shape index (κ3) is 3.60. The van der Waals surface area contributed by atoms with E-state index >= 15 is 0 Å². The largest absolute Gasteiger partial charge is 0.418 e. The summed E-state index contributed by atoms with van der Waals surface area (Å²) in [4.78, 5) is 16.6. The second-order valence-corrected chi connectivity index (χ2v) is 9.96. The molecule has 1 aromatic heterocycles. The molecule has 8 nitrogen and oxygen atoms in total. The molecule has 0 atom stereocenters. The number of nitrogens with zero attached hydrogens (tertiary/aromatic N) is 2. The Hall–Kier alpha value is -2.39. The fourth-order valence-corrected chi connectivity index (χ4v) is 6.05. The zero-order chi connectivity index (χ0) is 20.7. The van der Waals surface area contributed by atoms with Gasteiger partial charge in [0.15, 0.2) is 0 Å². The highest BCUT2D eigenvalue weighted by atomic mass is 32.2. The normalized spacial score (nSPS) is 18.8. The highest BCUT2D eigenvalue weighted by Crippen LogP contribution is 2.39. The zero-order valence-electron chi connectivity index (χ0n) is 16.9. The number of hydrogen-bond acceptors (Lipinski definition) is 6. The monoisotopic (exact) mass is 430 g/mol. The van der Waals surface area contributed by atoms with Gasteiger partial charge >= 0.3 is 16.1 Å². The van der Waals surface area contributed by atoms with E-state index in [1.165, 1.54) is 32.8 Å². The summed E-state index contributed by atoms with van der Waals surface area (Å²) in [5.41, 5.74) is 6.46. The van der Waals surface area contributed by atoms with Crippen LogP contribution < -0.4 is 10.0 Å². The Bertz CT molecular complexity index is 1050. The topological polar surface area (TPSA) is 105 Å². The molecule has 9 heteroatoms. The predicted octanol–water partition coefficient (Wildman–Crippen LogP) is 2.86. The lowest BCUT2D eigenvalue weighted by Crippen LogP contribution is -2.45.